The Morgan fingerprint density at radius 3 is 2.66 bits per heavy atom. The topological polar surface area (TPSA) is 72.4 Å². The fraction of sp³-hybridized carbons (Fsp3) is 0.385. The highest BCUT2D eigenvalue weighted by Crippen LogP contribution is 2.28. The zero-order valence-corrected chi connectivity index (χ0v) is 18.8. The van der Waals surface area contributed by atoms with Crippen LogP contribution in [0.3, 0.4) is 0 Å². The lowest BCUT2D eigenvalue weighted by atomic mass is 9.86. The first-order valence-electron chi connectivity index (χ1n) is 11.4. The maximum Gasteiger partial charge on any atom is 0.268 e. The molecule has 0 bridgehead atoms. The van der Waals surface area contributed by atoms with Crippen LogP contribution in [0, 0.1) is 5.92 Å². The zero-order valence-electron chi connectivity index (χ0n) is 18.8. The van der Waals surface area contributed by atoms with E-state index in [1.807, 2.05) is 66.1 Å². The summed E-state index contributed by atoms with van der Waals surface area (Å²) in [5, 5.41) is 7.01. The molecule has 6 nitrogen and oxygen atoms in total. The van der Waals surface area contributed by atoms with Gasteiger partial charge in [0.05, 0.1) is 6.10 Å². The second kappa shape index (κ2) is 10.0. The SMILES string of the molecule is CCn1c(C(=O)NCc2ccccc2)cc2cc(NC(=O)[C@H]3CCC[C@H](OC)C3)ccc21. The lowest BCUT2D eigenvalue weighted by Crippen LogP contribution is -2.30. The van der Waals surface area contributed by atoms with Crippen molar-refractivity contribution >= 4 is 28.4 Å². The van der Waals surface area contributed by atoms with Crippen molar-refractivity contribution in [3.8, 4) is 0 Å². The van der Waals surface area contributed by atoms with Gasteiger partial charge in [-0.1, -0.05) is 36.8 Å². The Bertz CT molecular complexity index is 1090. The molecule has 2 atom stereocenters. The lowest BCUT2D eigenvalue weighted by Gasteiger charge is -2.27. The molecule has 1 saturated carbocycles. The van der Waals surface area contributed by atoms with E-state index in [0.29, 0.717) is 18.8 Å². The van der Waals surface area contributed by atoms with Crippen LogP contribution in [0.25, 0.3) is 10.9 Å². The molecule has 1 heterocycles. The van der Waals surface area contributed by atoms with Crippen molar-refractivity contribution in [2.24, 2.45) is 5.92 Å². The molecule has 0 radical (unpaired) electrons. The van der Waals surface area contributed by atoms with Gasteiger partial charge in [-0.25, -0.2) is 0 Å². The Morgan fingerprint density at radius 1 is 1.09 bits per heavy atom. The predicted octanol–water partition coefficient (Wildman–Crippen LogP) is 4.73. The molecule has 2 N–H and O–H groups in total. The van der Waals surface area contributed by atoms with Crippen molar-refractivity contribution in [1.82, 2.24) is 9.88 Å². The number of hydrogen-bond acceptors (Lipinski definition) is 3. The highest BCUT2D eigenvalue weighted by molar-refractivity contribution is 6.00. The Hall–Kier alpha value is -3.12. The number of amides is 2. The molecule has 0 unspecified atom stereocenters. The third-order valence-corrected chi connectivity index (χ3v) is 6.34. The molecule has 32 heavy (non-hydrogen) atoms. The summed E-state index contributed by atoms with van der Waals surface area (Å²) in [5.74, 6) is -0.0869. The van der Waals surface area contributed by atoms with Gasteiger partial charge < -0.3 is 19.9 Å². The first-order valence-corrected chi connectivity index (χ1v) is 11.4. The van der Waals surface area contributed by atoms with E-state index in [2.05, 4.69) is 10.6 Å². The molecule has 0 saturated heterocycles. The van der Waals surface area contributed by atoms with Gasteiger partial charge in [-0.15, -0.1) is 0 Å². The number of rotatable bonds is 7. The number of benzene rings is 2. The molecule has 3 aromatic rings. The van der Waals surface area contributed by atoms with Gasteiger partial charge in [0.25, 0.3) is 5.91 Å². The number of nitrogens with zero attached hydrogens (tertiary/aromatic N) is 1. The maximum atomic E-state index is 12.9. The highest BCUT2D eigenvalue weighted by Gasteiger charge is 2.27. The fourth-order valence-corrected chi connectivity index (χ4v) is 4.59. The Balaban J connectivity index is 1.49. The predicted molar refractivity (Wildman–Crippen MR) is 127 cm³/mol. The monoisotopic (exact) mass is 433 g/mol. The Kier molecular flexibility index (Phi) is 6.90. The molecular formula is C26H31N3O3. The standard InChI is InChI=1S/C26H31N3O3/c1-3-29-23-13-12-21(28-25(30)19-10-7-11-22(15-19)32-2)14-20(23)16-24(29)26(31)27-17-18-8-5-4-6-9-18/h4-6,8-9,12-14,16,19,22H,3,7,10-11,15,17H2,1-2H3,(H,27,31)(H,28,30)/t19-,22-/m0/s1. The number of ether oxygens (including phenoxy) is 1. The van der Waals surface area contributed by atoms with Crippen LogP contribution in [-0.2, 0) is 22.6 Å². The Labute approximate surface area is 188 Å². The molecule has 1 aromatic heterocycles. The van der Waals surface area contributed by atoms with E-state index in [4.69, 9.17) is 4.74 Å². The summed E-state index contributed by atoms with van der Waals surface area (Å²) in [4.78, 5) is 25.7. The molecule has 0 aliphatic heterocycles. The summed E-state index contributed by atoms with van der Waals surface area (Å²) in [7, 11) is 1.71. The second-order valence-corrected chi connectivity index (χ2v) is 8.43. The highest BCUT2D eigenvalue weighted by atomic mass is 16.5. The summed E-state index contributed by atoms with van der Waals surface area (Å²) in [5.41, 5.74) is 3.42. The van der Waals surface area contributed by atoms with E-state index < -0.39 is 0 Å². The van der Waals surface area contributed by atoms with Gasteiger partial charge in [0.1, 0.15) is 5.69 Å². The van der Waals surface area contributed by atoms with Crippen LogP contribution in [-0.4, -0.2) is 29.6 Å². The number of methoxy groups -OCH3 is 1. The molecule has 1 aliphatic carbocycles. The third-order valence-electron chi connectivity index (χ3n) is 6.34. The van der Waals surface area contributed by atoms with Crippen molar-refractivity contribution in [3.05, 3.63) is 65.9 Å². The molecule has 2 aromatic carbocycles. The molecule has 0 spiro atoms. The first kappa shape index (κ1) is 22.1. The number of aromatic nitrogens is 1. The quantitative estimate of drug-likeness (QED) is 0.566. The van der Waals surface area contributed by atoms with E-state index in [-0.39, 0.29) is 23.8 Å². The van der Waals surface area contributed by atoms with Crippen LogP contribution in [0.5, 0.6) is 0 Å². The number of nitrogens with one attached hydrogen (secondary N) is 2. The molecule has 168 valence electrons. The minimum Gasteiger partial charge on any atom is -0.381 e. The van der Waals surface area contributed by atoms with E-state index >= 15 is 0 Å². The van der Waals surface area contributed by atoms with Gasteiger partial charge in [-0.3, -0.25) is 9.59 Å². The Morgan fingerprint density at radius 2 is 1.91 bits per heavy atom. The third kappa shape index (κ3) is 4.86. The summed E-state index contributed by atoms with van der Waals surface area (Å²) in [6.45, 7) is 3.19. The van der Waals surface area contributed by atoms with Crippen molar-refractivity contribution in [2.75, 3.05) is 12.4 Å². The minimum atomic E-state index is -0.106. The van der Waals surface area contributed by atoms with Crippen molar-refractivity contribution in [1.29, 1.82) is 0 Å². The molecule has 4 rings (SSSR count). The fourth-order valence-electron chi connectivity index (χ4n) is 4.59. The molecule has 1 aliphatic rings. The van der Waals surface area contributed by atoms with Crippen LogP contribution >= 0.6 is 0 Å². The van der Waals surface area contributed by atoms with Crippen LogP contribution < -0.4 is 10.6 Å². The van der Waals surface area contributed by atoms with Gasteiger partial charge in [-0.05, 0) is 56.0 Å². The number of carbonyl (C=O) groups excluding carboxylic acids is 2. The summed E-state index contributed by atoms with van der Waals surface area (Å²) in [6, 6.07) is 17.6. The number of anilines is 1. The summed E-state index contributed by atoms with van der Waals surface area (Å²) < 4.78 is 7.46. The lowest BCUT2D eigenvalue weighted by molar-refractivity contribution is -0.122. The van der Waals surface area contributed by atoms with Gasteiger partial charge in [0.2, 0.25) is 5.91 Å². The summed E-state index contributed by atoms with van der Waals surface area (Å²) in [6.07, 6.45) is 3.86. The van der Waals surface area contributed by atoms with E-state index in [1.54, 1.807) is 7.11 Å². The molecule has 1 fully saturated rings. The number of aryl methyl sites for hydroxylation is 1. The first-order chi connectivity index (χ1) is 15.6. The molecular weight excluding hydrogens is 402 g/mol. The van der Waals surface area contributed by atoms with Crippen LogP contribution in [0.4, 0.5) is 5.69 Å². The molecule has 6 heteroatoms. The number of hydrogen-bond donors (Lipinski definition) is 2. The normalized spacial score (nSPS) is 18.4. The average Bonchev–Trinajstić information content (AvgIpc) is 3.21. The minimum absolute atomic E-state index is 0.0241. The van der Waals surface area contributed by atoms with Crippen LogP contribution in [0.2, 0.25) is 0 Å². The van der Waals surface area contributed by atoms with Gasteiger partial charge >= 0.3 is 0 Å². The summed E-state index contributed by atoms with van der Waals surface area (Å²) >= 11 is 0. The van der Waals surface area contributed by atoms with E-state index in [1.165, 1.54) is 0 Å². The maximum absolute atomic E-state index is 12.9. The van der Waals surface area contributed by atoms with Crippen molar-refractivity contribution in [3.63, 3.8) is 0 Å². The van der Waals surface area contributed by atoms with Gasteiger partial charge in [0, 0.05) is 42.7 Å². The van der Waals surface area contributed by atoms with Crippen molar-refractivity contribution < 1.29 is 14.3 Å². The zero-order chi connectivity index (χ0) is 22.5. The van der Waals surface area contributed by atoms with Crippen molar-refractivity contribution in [2.45, 2.75) is 51.8 Å². The number of fused-ring (bicyclic) bond motifs is 1. The van der Waals surface area contributed by atoms with E-state index in [0.717, 1.165) is 47.8 Å². The van der Waals surface area contributed by atoms with Crippen LogP contribution in [0.15, 0.2) is 54.6 Å². The van der Waals surface area contributed by atoms with Gasteiger partial charge in [-0.2, -0.15) is 0 Å². The largest absolute Gasteiger partial charge is 0.381 e. The second-order valence-electron chi connectivity index (χ2n) is 8.43. The smallest absolute Gasteiger partial charge is 0.268 e. The molecule has 2 amide bonds. The van der Waals surface area contributed by atoms with Gasteiger partial charge in [0.15, 0.2) is 0 Å². The number of carbonyl (C=O) groups is 2. The average molecular weight is 434 g/mol. The van der Waals surface area contributed by atoms with Crippen LogP contribution in [0.1, 0.15) is 48.7 Å². The van der Waals surface area contributed by atoms with E-state index in [9.17, 15) is 9.59 Å².